The number of nitrogens with one attached hydrogen (secondary N) is 1. The van der Waals surface area contributed by atoms with Crippen LogP contribution in [0.4, 0.5) is 10.5 Å². The van der Waals surface area contributed by atoms with Crippen LogP contribution in [0.1, 0.15) is 17.2 Å². The van der Waals surface area contributed by atoms with Crippen LogP contribution in [0, 0.1) is 0 Å². The first-order valence-electron chi connectivity index (χ1n) is 8.13. The summed E-state index contributed by atoms with van der Waals surface area (Å²) in [4.78, 5) is 17.0. The zero-order valence-corrected chi connectivity index (χ0v) is 13.9. The van der Waals surface area contributed by atoms with E-state index >= 15 is 0 Å². The summed E-state index contributed by atoms with van der Waals surface area (Å²) < 4.78 is 0. The number of para-hydroxylation sites is 1. The molecule has 0 fully saturated rings. The van der Waals surface area contributed by atoms with Crippen LogP contribution in [-0.4, -0.2) is 16.9 Å². The number of carbonyl (C=O) groups is 1. The maximum Gasteiger partial charge on any atom is 0.437 e. The number of benzene rings is 3. The van der Waals surface area contributed by atoms with Gasteiger partial charge in [-0.3, -0.25) is 10.2 Å². The molecule has 3 rings (SSSR count). The Morgan fingerprint density at radius 2 is 1.38 bits per heavy atom. The van der Waals surface area contributed by atoms with Crippen LogP contribution >= 0.6 is 0 Å². The molecule has 0 heterocycles. The van der Waals surface area contributed by atoms with Gasteiger partial charge in [0, 0.05) is 11.3 Å². The van der Waals surface area contributed by atoms with Crippen LogP contribution < -0.4 is 5.32 Å². The second-order valence-corrected chi connectivity index (χ2v) is 5.53. The minimum atomic E-state index is -1.02. The number of anilines is 1. The standard InChI is InChI=1S/C21H18N2O3/c24-20(17-12-6-2-7-13-17)19(16-10-4-1-5-11-16)23-26-21(25)22-18-14-8-3-9-15-18/h1-15,20,24H,(H,22,25)/b23-19+. The van der Waals surface area contributed by atoms with Crippen molar-refractivity contribution in [2.75, 3.05) is 5.32 Å². The summed E-state index contributed by atoms with van der Waals surface area (Å²) >= 11 is 0. The molecule has 0 aliphatic heterocycles. The Hall–Kier alpha value is -3.44. The molecule has 3 aromatic rings. The fraction of sp³-hybridized carbons (Fsp3) is 0.0476. The van der Waals surface area contributed by atoms with Gasteiger partial charge in [0.1, 0.15) is 11.8 Å². The monoisotopic (exact) mass is 346 g/mol. The van der Waals surface area contributed by atoms with Crippen molar-refractivity contribution in [1.82, 2.24) is 0 Å². The largest absolute Gasteiger partial charge is 0.437 e. The minimum Gasteiger partial charge on any atom is -0.382 e. The van der Waals surface area contributed by atoms with Crippen LogP contribution in [0.2, 0.25) is 0 Å². The van der Waals surface area contributed by atoms with Gasteiger partial charge in [-0.25, -0.2) is 4.79 Å². The number of rotatable bonds is 5. The van der Waals surface area contributed by atoms with Crippen molar-refractivity contribution in [1.29, 1.82) is 0 Å². The predicted molar refractivity (Wildman–Crippen MR) is 101 cm³/mol. The van der Waals surface area contributed by atoms with Gasteiger partial charge in [-0.05, 0) is 17.7 Å². The van der Waals surface area contributed by atoms with E-state index in [9.17, 15) is 9.90 Å². The van der Waals surface area contributed by atoms with E-state index in [-0.39, 0.29) is 5.71 Å². The van der Waals surface area contributed by atoms with Gasteiger partial charge in [0.05, 0.1) is 0 Å². The van der Waals surface area contributed by atoms with Crippen LogP contribution in [0.15, 0.2) is 96.2 Å². The highest BCUT2D eigenvalue weighted by molar-refractivity contribution is 6.04. The van der Waals surface area contributed by atoms with E-state index in [1.807, 2.05) is 42.5 Å². The second-order valence-electron chi connectivity index (χ2n) is 5.53. The van der Waals surface area contributed by atoms with Crippen LogP contribution in [-0.2, 0) is 4.84 Å². The Kier molecular flexibility index (Phi) is 5.75. The number of oxime groups is 1. The number of carbonyl (C=O) groups excluding carboxylic acids is 1. The van der Waals surface area contributed by atoms with Crippen molar-refractivity contribution in [2.24, 2.45) is 5.16 Å². The number of hydrogen-bond acceptors (Lipinski definition) is 4. The molecule has 0 saturated heterocycles. The van der Waals surface area contributed by atoms with Gasteiger partial charge in [-0.2, -0.15) is 0 Å². The Labute approximate surface area is 151 Å². The molecule has 1 amide bonds. The molecule has 2 N–H and O–H groups in total. The summed E-state index contributed by atoms with van der Waals surface area (Å²) in [5.41, 5.74) is 2.16. The molecule has 130 valence electrons. The van der Waals surface area contributed by atoms with Crippen molar-refractivity contribution < 1.29 is 14.7 Å². The predicted octanol–water partition coefficient (Wildman–Crippen LogP) is 4.37. The van der Waals surface area contributed by atoms with Gasteiger partial charge in [0.2, 0.25) is 0 Å². The smallest absolute Gasteiger partial charge is 0.382 e. The van der Waals surface area contributed by atoms with Gasteiger partial charge in [-0.1, -0.05) is 84.0 Å². The highest BCUT2D eigenvalue weighted by Crippen LogP contribution is 2.19. The molecule has 0 bridgehead atoms. The van der Waals surface area contributed by atoms with Gasteiger partial charge in [-0.15, -0.1) is 0 Å². The Bertz CT molecular complexity index is 866. The summed E-state index contributed by atoms with van der Waals surface area (Å²) in [7, 11) is 0. The summed E-state index contributed by atoms with van der Waals surface area (Å²) in [6.07, 6.45) is -1.76. The van der Waals surface area contributed by atoms with E-state index in [1.54, 1.807) is 48.5 Å². The quantitative estimate of drug-likeness (QED) is 0.409. The fourth-order valence-corrected chi connectivity index (χ4v) is 2.42. The highest BCUT2D eigenvalue weighted by atomic mass is 16.7. The third-order valence-electron chi connectivity index (χ3n) is 3.69. The lowest BCUT2D eigenvalue weighted by Crippen LogP contribution is -2.17. The number of hydrogen-bond donors (Lipinski definition) is 2. The molecule has 26 heavy (non-hydrogen) atoms. The average molecular weight is 346 g/mol. The summed E-state index contributed by atoms with van der Waals surface area (Å²) in [5, 5.41) is 17.2. The number of nitrogens with zero attached hydrogens (tertiary/aromatic N) is 1. The Morgan fingerprint density at radius 1 is 0.846 bits per heavy atom. The second kappa shape index (κ2) is 8.60. The first-order valence-corrected chi connectivity index (χ1v) is 8.13. The first kappa shape index (κ1) is 17.4. The van der Waals surface area contributed by atoms with E-state index in [0.717, 1.165) is 0 Å². The van der Waals surface area contributed by atoms with E-state index in [1.165, 1.54) is 0 Å². The molecule has 5 heteroatoms. The summed E-state index contributed by atoms with van der Waals surface area (Å²) in [6, 6.07) is 27.1. The van der Waals surface area contributed by atoms with E-state index in [4.69, 9.17) is 4.84 Å². The minimum absolute atomic E-state index is 0.250. The molecule has 5 nitrogen and oxygen atoms in total. The molecule has 1 atom stereocenters. The molecular formula is C21H18N2O3. The van der Waals surface area contributed by atoms with E-state index in [0.29, 0.717) is 16.8 Å². The highest BCUT2D eigenvalue weighted by Gasteiger charge is 2.18. The van der Waals surface area contributed by atoms with E-state index in [2.05, 4.69) is 10.5 Å². The number of aliphatic hydroxyl groups is 1. The van der Waals surface area contributed by atoms with Crippen molar-refractivity contribution >= 4 is 17.5 Å². The number of aliphatic hydroxyl groups excluding tert-OH is 1. The summed E-state index contributed by atoms with van der Waals surface area (Å²) in [5.74, 6) is 0. The molecule has 0 radical (unpaired) electrons. The van der Waals surface area contributed by atoms with Crippen molar-refractivity contribution in [2.45, 2.75) is 6.10 Å². The maximum absolute atomic E-state index is 12.0. The van der Waals surface area contributed by atoms with Crippen LogP contribution in [0.3, 0.4) is 0 Å². The molecule has 1 unspecified atom stereocenters. The Balaban J connectivity index is 1.81. The molecule has 3 aromatic carbocycles. The van der Waals surface area contributed by atoms with Crippen LogP contribution in [0.25, 0.3) is 0 Å². The van der Waals surface area contributed by atoms with Crippen molar-refractivity contribution in [3.63, 3.8) is 0 Å². The van der Waals surface area contributed by atoms with Gasteiger partial charge in [0.15, 0.2) is 0 Å². The lowest BCUT2D eigenvalue weighted by molar-refractivity contribution is 0.163. The zero-order valence-electron chi connectivity index (χ0n) is 13.9. The van der Waals surface area contributed by atoms with Crippen LogP contribution in [0.5, 0.6) is 0 Å². The topological polar surface area (TPSA) is 70.9 Å². The molecule has 0 aliphatic rings. The SMILES string of the molecule is O=C(Nc1ccccc1)O/N=C(\c1ccccc1)C(O)c1ccccc1. The number of amides is 1. The molecule has 0 aromatic heterocycles. The Morgan fingerprint density at radius 3 is 2.00 bits per heavy atom. The zero-order chi connectivity index (χ0) is 18.2. The van der Waals surface area contributed by atoms with Crippen molar-refractivity contribution in [3.05, 3.63) is 102 Å². The third-order valence-corrected chi connectivity index (χ3v) is 3.69. The molecule has 0 aliphatic carbocycles. The average Bonchev–Trinajstić information content (AvgIpc) is 2.70. The lowest BCUT2D eigenvalue weighted by Gasteiger charge is -2.14. The van der Waals surface area contributed by atoms with E-state index < -0.39 is 12.2 Å². The normalized spacial score (nSPS) is 12.3. The third kappa shape index (κ3) is 4.55. The maximum atomic E-state index is 12.0. The molecule has 0 spiro atoms. The van der Waals surface area contributed by atoms with Gasteiger partial charge >= 0.3 is 6.09 Å². The first-order chi connectivity index (χ1) is 12.7. The lowest BCUT2D eigenvalue weighted by atomic mass is 9.99. The summed E-state index contributed by atoms with van der Waals surface area (Å²) in [6.45, 7) is 0. The molecular weight excluding hydrogens is 328 g/mol. The fourth-order valence-electron chi connectivity index (χ4n) is 2.42. The van der Waals surface area contributed by atoms with Gasteiger partial charge in [0.25, 0.3) is 0 Å². The van der Waals surface area contributed by atoms with Gasteiger partial charge < -0.3 is 5.11 Å². The van der Waals surface area contributed by atoms with Crippen molar-refractivity contribution in [3.8, 4) is 0 Å². The molecule has 0 saturated carbocycles.